The predicted molar refractivity (Wildman–Crippen MR) is 87.0 cm³/mol. The summed E-state index contributed by atoms with van der Waals surface area (Å²) in [4.78, 5) is 14.4. The molecule has 1 amide bonds. The summed E-state index contributed by atoms with van der Waals surface area (Å²) >= 11 is 0. The molecule has 0 bridgehead atoms. The molecule has 1 heterocycles. The van der Waals surface area contributed by atoms with E-state index in [2.05, 4.69) is 54.4 Å². The Morgan fingerprint density at radius 3 is 2.76 bits per heavy atom. The molecule has 1 N–H and O–H groups in total. The number of hydrogen-bond donors (Lipinski definition) is 1. The van der Waals surface area contributed by atoms with Gasteiger partial charge in [0.15, 0.2) is 0 Å². The molecule has 3 nitrogen and oxygen atoms in total. The van der Waals surface area contributed by atoms with E-state index in [1.807, 2.05) is 0 Å². The molecule has 1 unspecified atom stereocenters. The zero-order valence-electron chi connectivity index (χ0n) is 13.3. The number of nitrogens with zero attached hydrogens (tertiary/aromatic N) is 1. The van der Waals surface area contributed by atoms with Crippen LogP contribution in [0.2, 0.25) is 0 Å². The number of benzene rings is 1. The van der Waals surface area contributed by atoms with Gasteiger partial charge in [-0.25, -0.2) is 0 Å². The van der Waals surface area contributed by atoms with E-state index in [1.54, 1.807) is 0 Å². The van der Waals surface area contributed by atoms with Gasteiger partial charge >= 0.3 is 0 Å². The number of carbonyl (C=O) groups excluding carboxylic acids is 1. The molecule has 1 aromatic rings. The quantitative estimate of drug-likeness (QED) is 0.902. The summed E-state index contributed by atoms with van der Waals surface area (Å²) < 4.78 is 0. The largest absolute Gasteiger partial charge is 0.352 e. The van der Waals surface area contributed by atoms with Gasteiger partial charge in [0.25, 0.3) is 0 Å². The summed E-state index contributed by atoms with van der Waals surface area (Å²) in [6, 6.07) is 10.9. The van der Waals surface area contributed by atoms with Gasteiger partial charge in [-0.15, -0.1) is 0 Å². The van der Waals surface area contributed by atoms with Crippen LogP contribution in [-0.2, 0) is 11.3 Å². The summed E-state index contributed by atoms with van der Waals surface area (Å²) in [5.74, 6) is 0.632. The highest BCUT2D eigenvalue weighted by Gasteiger charge is 2.20. The Kier molecular flexibility index (Phi) is 6.24. The topological polar surface area (TPSA) is 32.3 Å². The second-order valence-corrected chi connectivity index (χ2v) is 6.58. The molecule has 0 radical (unpaired) electrons. The Bertz CT molecular complexity index is 430. The first-order valence-electron chi connectivity index (χ1n) is 8.19. The first-order chi connectivity index (χ1) is 10.1. The van der Waals surface area contributed by atoms with Crippen molar-refractivity contribution in [1.82, 2.24) is 10.2 Å². The lowest BCUT2D eigenvalue weighted by atomic mass is 10.1. The van der Waals surface area contributed by atoms with Crippen molar-refractivity contribution in [3.63, 3.8) is 0 Å². The van der Waals surface area contributed by atoms with E-state index in [0.29, 0.717) is 18.4 Å². The van der Waals surface area contributed by atoms with Crippen LogP contribution < -0.4 is 5.32 Å². The van der Waals surface area contributed by atoms with E-state index in [9.17, 15) is 4.79 Å². The lowest BCUT2D eigenvalue weighted by Gasteiger charge is -2.25. The van der Waals surface area contributed by atoms with Crippen LogP contribution in [0.3, 0.4) is 0 Å². The molecule has 1 fully saturated rings. The fourth-order valence-electron chi connectivity index (χ4n) is 2.98. The molecule has 1 aliphatic heterocycles. The minimum Gasteiger partial charge on any atom is -0.352 e. The highest BCUT2D eigenvalue weighted by molar-refractivity contribution is 5.76. The Labute approximate surface area is 128 Å². The third kappa shape index (κ3) is 5.88. The Balaban J connectivity index is 1.87. The Morgan fingerprint density at radius 1 is 1.29 bits per heavy atom. The fraction of sp³-hybridized carbons (Fsp3) is 0.611. The lowest BCUT2D eigenvalue weighted by Crippen LogP contribution is -2.42. The number of carbonyl (C=O) groups is 1. The number of rotatable bonds is 5. The number of likely N-dealkylation sites (tertiary alicyclic amines) is 1. The van der Waals surface area contributed by atoms with Crippen molar-refractivity contribution >= 4 is 5.91 Å². The minimum atomic E-state index is 0.205. The van der Waals surface area contributed by atoms with Gasteiger partial charge in [-0.2, -0.15) is 0 Å². The van der Waals surface area contributed by atoms with Gasteiger partial charge < -0.3 is 5.32 Å². The summed E-state index contributed by atoms with van der Waals surface area (Å²) in [6.45, 7) is 7.27. The van der Waals surface area contributed by atoms with E-state index in [-0.39, 0.29) is 5.91 Å². The normalized spacial score (nSPS) is 20.2. The van der Waals surface area contributed by atoms with Crippen molar-refractivity contribution in [2.45, 2.75) is 52.1 Å². The van der Waals surface area contributed by atoms with Crippen LogP contribution in [0.15, 0.2) is 30.3 Å². The number of amides is 1. The standard InChI is InChI=1S/C18H28N2O/c1-15(2)12-18(21)19-17-10-6-7-11-20(14-17)13-16-8-4-3-5-9-16/h3-5,8-9,15,17H,6-7,10-14H2,1-2H3,(H,19,21). The fourth-order valence-corrected chi connectivity index (χ4v) is 2.98. The average Bonchev–Trinajstić information content (AvgIpc) is 2.64. The molecule has 1 atom stereocenters. The summed E-state index contributed by atoms with van der Waals surface area (Å²) in [5.41, 5.74) is 1.35. The molecule has 21 heavy (non-hydrogen) atoms. The molecule has 0 aromatic heterocycles. The molecule has 116 valence electrons. The van der Waals surface area contributed by atoms with Crippen molar-refractivity contribution in [3.8, 4) is 0 Å². The first-order valence-corrected chi connectivity index (χ1v) is 8.19. The van der Waals surface area contributed by atoms with Crippen molar-refractivity contribution in [2.24, 2.45) is 5.92 Å². The molecule has 0 spiro atoms. The van der Waals surface area contributed by atoms with Crippen LogP contribution in [0.1, 0.15) is 45.1 Å². The zero-order chi connectivity index (χ0) is 15.1. The van der Waals surface area contributed by atoms with Gasteiger partial charge in [0.1, 0.15) is 0 Å². The van der Waals surface area contributed by atoms with Crippen LogP contribution in [0.5, 0.6) is 0 Å². The third-order valence-corrected chi connectivity index (χ3v) is 3.96. The van der Waals surface area contributed by atoms with E-state index in [4.69, 9.17) is 0 Å². The molecular formula is C18H28N2O. The third-order valence-electron chi connectivity index (χ3n) is 3.96. The second-order valence-electron chi connectivity index (χ2n) is 6.58. The van der Waals surface area contributed by atoms with Gasteiger partial charge in [-0.1, -0.05) is 50.6 Å². The van der Waals surface area contributed by atoms with Crippen LogP contribution >= 0.6 is 0 Å². The number of hydrogen-bond acceptors (Lipinski definition) is 2. The maximum atomic E-state index is 12.0. The molecule has 1 aliphatic rings. The van der Waals surface area contributed by atoms with E-state index >= 15 is 0 Å². The van der Waals surface area contributed by atoms with Gasteiger partial charge in [0, 0.05) is 25.6 Å². The predicted octanol–water partition coefficient (Wildman–Crippen LogP) is 3.20. The first kappa shape index (κ1) is 16.0. The number of nitrogens with one attached hydrogen (secondary N) is 1. The van der Waals surface area contributed by atoms with Crippen LogP contribution in [0, 0.1) is 5.92 Å². The molecule has 0 saturated carbocycles. The van der Waals surface area contributed by atoms with Gasteiger partial charge in [-0.3, -0.25) is 9.69 Å². The highest BCUT2D eigenvalue weighted by atomic mass is 16.1. The van der Waals surface area contributed by atoms with Crippen molar-refractivity contribution in [3.05, 3.63) is 35.9 Å². The Hall–Kier alpha value is -1.35. The summed E-state index contributed by atoms with van der Waals surface area (Å²) in [6.07, 6.45) is 4.17. The maximum absolute atomic E-state index is 12.0. The van der Waals surface area contributed by atoms with Crippen molar-refractivity contribution < 1.29 is 4.79 Å². The van der Waals surface area contributed by atoms with E-state index in [1.165, 1.54) is 18.4 Å². The minimum absolute atomic E-state index is 0.205. The van der Waals surface area contributed by atoms with Crippen LogP contribution in [-0.4, -0.2) is 29.9 Å². The highest BCUT2D eigenvalue weighted by Crippen LogP contribution is 2.14. The lowest BCUT2D eigenvalue weighted by molar-refractivity contribution is -0.122. The summed E-state index contributed by atoms with van der Waals surface area (Å²) in [5, 5.41) is 3.23. The smallest absolute Gasteiger partial charge is 0.220 e. The van der Waals surface area contributed by atoms with Gasteiger partial charge in [-0.05, 0) is 30.9 Å². The van der Waals surface area contributed by atoms with E-state index in [0.717, 1.165) is 26.1 Å². The zero-order valence-corrected chi connectivity index (χ0v) is 13.3. The molecule has 3 heteroatoms. The van der Waals surface area contributed by atoms with Gasteiger partial charge in [0.2, 0.25) is 5.91 Å². The van der Waals surface area contributed by atoms with Crippen molar-refractivity contribution in [1.29, 1.82) is 0 Å². The molecule has 2 rings (SSSR count). The summed E-state index contributed by atoms with van der Waals surface area (Å²) in [7, 11) is 0. The second kappa shape index (κ2) is 8.18. The van der Waals surface area contributed by atoms with Gasteiger partial charge in [0.05, 0.1) is 0 Å². The Morgan fingerprint density at radius 2 is 2.05 bits per heavy atom. The molecule has 0 aliphatic carbocycles. The molecular weight excluding hydrogens is 260 g/mol. The maximum Gasteiger partial charge on any atom is 0.220 e. The SMILES string of the molecule is CC(C)CC(=O)NC1CCCCN(Cc2ccccc2)C1. The average molecular weight is 288 g/mol. The monoisotopic (exact) mass is 288 g/mol. The van der Waals surface area contributed by atoms with E-state index < -0.39 is 0 Å². The van der Waals surface area contributed by atoms with Crippen molar-refractivity contribution in [2.75, 3.05) is 13.1 Å². The molecule has 1 aromatic carbocycles. The van der Waals surface area contributed by atoms with Crippen LogP contribution in [0.4, 0.5) is 0 Å². The molecule has 1 saturated heterocycles. The van der Waals surface area contributed by atoms with Crippen LogP contribution in [0.25, 0.3) is 0 Å².